The summed E-state index contributed by atoms with van der Waals surface area (Å²) in [5.41, 5.74) is 5.63. The minimum Gasteiger partial charge on any atom is -0.330 e. The monoisotopic (exact) mass is 197 g/mol. The molecule has 0 heterocycles. The number of carbonyl (C=O) groups is 1. The SMILES string of the molecule is C=CCCC(=O)CC(CN)CC(C)C. The Hall–Kier alpha value is -0.630. The maximum atomic E-state index is 11.4. The van der Waals surface area contributed by atoms with Crippen LogP contribution in [0.4, 0.5) is 0 Å². The van der Waals surface area contributed by atoms with E-state index in [0.717, 1.165) is 12.8 Å². The van der Waals surface area contributed by atoms with Gasteiger partial charge in [0, 0.05) is 12.8 Å². The van der Waals surface area contributed by atoms with E-state index >= 15 is 0 Å². The van der Waals surface area contributed by atoms with Crippen LogP contribution in [0.5, 0.6) is 0 Å². The Bertz CT molecular complexity index is 175. The van der Waals surface area contributed by atoms with E-state index in [1.807, 2.05) is 0 Å². The molecule has 0 aliphatic rings. The number of nitrogens with two attached hydrogens (primary N) is 1. The van der Waals surface area contributed by atoms with Crippen LogP contribution in [-0.4, -0.2) is 12.3 Å². The molecule has 14 heavy (non-hydrogen) atoms. The van der Waals surface area contributed by atoms with Gasteiger partial charge in [0.1, 0.15) is 5.78 Å². The molecule has 82 valence electrons. The highest BCUT2D eigenvalue weighted by atomic mass is 16.1. The van der Waals surface area contributed by atoms with Crippen LogP contribution in [0, 0.1) is 11.8 Å². The lowest BCUT2D eigenvalue weighted by Crippen LogP contribution is -2.19. The second-order valence-corrected chi connectivity index (χ2v) is 4.30. The highest BCUT2D eigenvalue weighted by Gasteiger charge is 2.13. The van der Waals surface area contributed by atoms with Gasteiger partial charge in [-0.15, -0.1) is 6.58 Å². The lowest BCUT2D eigenvalue weighted by Gasteiger charge is -2.15. The molecule has 0 amide bonds. The Morgan fingerprint density at radius 2 is 2.14 bits per heavy atom. The fraction of sp³-hybridized carbons (Fsp3) is 0.750. The van der Waals surface area contributed by atoms with E-state index in [1.165, 1.54) is 0 Å². The minimum absolute atomic E-state index is 0.320. The predicted octanol–water partition coefficient (Wildman–Crippen LogP) is 2.53. The summed E-state index contributed by atoms with van der Waals surface area (Å²) in [6, 6.07) is 0. The van der Waals surface area contributed by atoms with Crippen molar-refractivity contribution in [3.8, 4) is 0 Å². The van der Waals surface area contributed by atoms with Gasteiger partial charge in [-0.25, -0.2) is 0 Å². The second-order valence-electron chi connectivity index (χ2n) is 4.30. The van der Waals surface area contributed by atoms with Crippen LogP contribution in [0.25, 0.3) is 0 Å². The topological polar surface area (TPSA) is 43.1 Å². The van der Waals surface area contributed by atoms with Crippen LogP contribution in [0.2, 0.25) is 0 Å². The molecule has 2 heteroatoms. The molecule has 0 bridgehead atoms. The van der Waals surface area contributed by atoms with E-state index in [2.05, 4.69) is 20.4 Å². The number of hydrogen-bond acceptors (Lipinski definition) is 2. The number of allylic oxidation sites excluding steroid dienone is 1. The zero-order chi connectivity index (χ0) is 11.0. The van der Waals surface area contributed by atoms with Crippen LogP contribution in [-0.2, 0) is 4.79 Å². The molecule has 0 rings (SSSR count). The lowest BCUT2D eigenvalue weighted by atomic mass is 9.91. The molecule has 2 N–H and O–H groups in total. The maximum absolute atomic E-state index is 11.4. The summed E-state index contributed by atoms with van der Waals surface area (Å²) in [4.78, 5) is 11.4. The molecule has 2 nitrogen and oxygen atoms in total. The second kappa shape index (κ2) is 7.74. The minimum atomic E-state index is 0.320. The maximum Gasteiger partial charge on any atom is 0.133 e. The zero-order valence-corrected chi connectivity index (χ0v) is 9.46. The third-order valence-corrected chi connectivity index (χ3v) is 2.28. The van der Waals surface area contributed by atoms with E-state index in [0.29, 0.717) is 37.0 Å². The number of Topliss-reactive ketones (excluding diaryl/α,β-unsaturated/α-hetero) is 1. The fourth-order valence-electron chi connectivity index (χ4n) is 1.62. The van der Waals surface area contributed by atoms with Crippen molar-refractivity contribution in [3.63, 3.8) is 0 Å². The molecule has 0 aliphatic carbocycles. The third-order valence-electron chi connectivity index (χ3n) is 2.28. The van der Waals surface area contributed by atoms with Crippen molar-refractivity contribution in [2.24, 2.45) is 17.6 Å². The van der Waals surface area contributed by atoms with Gasteiger partial charge in [0.15, 0.2) is 0 Å². The smallest absolute Gasteiger partial charge is 0.133 e. The van der Waals surface area contributed by atoms with E-state index in [-0.39, 0.29) is 0 Å². The first-order valence-corrected chi connectivity index (χ1v) is 5.42. The first kappa shape index (κ1) is 13.4. The number of carbonyl (C=O) groups excluding carboxylic acids is 1. The van der Waals surface area contributed by atoms with E-state index < -0.39 is 0 Å². The molecule has 0 aromatic carbocycles. The Morgan fingerprint density at radius 1 is 1.50 bits per heavy atom. The molecule has 1 unspecified atom stereocenters. The van der Waals surface area contributed by atoms with Gasteiger partial charge in [-0.05, 0) is 31.2 Å². The summed E-state index contributed by atoms with van der Waals surface area (Å²) in [5, 5.41) is 0. The van der Waals surface area contributed by atoms with Crippen LogP contribution in [0.1, 0.15) is 39.5 Å². The summed E-state index contributed by atoms with van der Waals surface area (Å²) in [5.74, 6) is 1.31. The highest BCUT2D eigenvalue weighted by Crippen LogP contribution is 2.15. The van der Waals surface area contributed by atoms with Crippen LogP contribution in [0.15, 0.2) is 12.7 Å². The van der Waals surface area contributed by atoms with Gasteiger partial charge in [-0.2, -0.15) is 0 Å². The van der Waals surface area contributed by atoms with Crippen molar-refractivity contribution in [2.75, 3.05) is 6.54 Å². The van der Waals surface area contributed by atoms with Gasteiger partial charge in [0.2, 0.25) is 0 Å². The van der Waals surface area contributed by atoms with Gasteiger partial charge in [0.25, 0.3) is 0 Å². The Labute approximate surface area is 87.6 Å². The van der Waals surface area contributed by atoms with Crippen LogP contribution < -0.4 is 5.73 Å². The number of ketones is 1. The van der Waals surface area contributed by atoms with Crippen molar-refractivity contribution in [1.29, 1.82) is 0 Å². The first-order valence-electron chi connectivity index (χ1n) is 5.42. The summed E-state index contributed by atoms with van der Waals surface area (Å²) in [6.45, 7) is 8.55. The highest BCUT2D eigenvalue weighted by molar-refractivity contribution is 5.78. The average molecular weight is 197 g/mol. The van der Waals surface area contributed by atoms with Crippen molar-refractivity contribution < 1.29 is 4.79 Å². The largest absolute Gasteiger partial charge is 0.330 e. The summed E-state index contributed by atoms with van der Waals surface area (Å²) in [6.07, 6.45) is 4.90. The van der Waals surface area contributed by atoms with Gasteiger partial charge < -0.3 is 5.73 Å². The summed E-state index contributed by atoms with van der Waals surface area (Å²) >= 11 is 0. The Kier molecular flexibility index (Phi) is 7.40. The van der Waals surface area contributed by atoms with E-state index in [4.69, 9.17) is 5.73 Å². The molecule has 0 aromatic heterocycles. The van der Waals surface area contributed by atoms with Crippen LogP contribution >= 0.6 is 0 Å². The summed E-state index contributed by atoms with van der Waals surface area (Å²) in [7, 11) is 0. The zero-order valence-electron chi connectivity index (χ0n) is 9.46. The Balaban J connectivity index is 3.79. The van der Waals surface area contributed by atoms with Crippen molar-refractivity contribution >= 4 is 5.78 Å². The predicted molar refractivity (Wildman–Crippen MR) is 61.1 cm³/mol. The van der Waals surface area contributed by atoms with Crippen LogP contribution in [0.3, 0.4) is 0 Å². The van der Waals surface area contributed by atoms with E-state index in [9.17, 15) is 4.79 Å². The normalized spacial score (nSPS) is 12.9. The van der Waals surface area contributed by atoms with Crippen molar-refractivity contribution in [1.82, 2.24) is 0 Å². The molecule has 0 aliphatic heterocycles. The quantitative estimate of drug-likeness (QED) is 0.608. The van der Waals surface area contributed by atoms with Gasteiger partial charge >= 0.3 is 0 Å². The summed E-state index contributed by atoms with van der Waals surface area (Å²) < 4.78 is 0. The standard InChI is InChI=1S/C12H23NO/c1-4-5-6-12(14)8-11(9-13)7-10(2)3/h4,10-11H,1,5-9,13H2,2-3H3. The molecule has 0 saturated carbocycles. The van der Waals surface area contributed by atoms with Crippen molar-refractivity contribution in [2.45, 2.75) is 39.5 Å². The van der Waals surface area contributed by atoms with Gasteiger partial charge in [0.05, 0.1) is 0 Å². The molecule has 0 radical (unpaired) electrons. The van der Waals surface area contributed by atoms with E-state index in [1.54, 1.807) is 6.08 Å². The molecular weight excluding hydrogens is 174 g/mol. The molecule has 0 saturated heterocycles. The molecular formula is C12H23NO. The number of hydrogen-bond donors (Lipinski definition) is 1. The van der Waals surface area contributed by atoms with Gasteiger partial charge in [-0.3, -0.25) is 4.79 Å². The lowest BCUT2D eigenvalue weighted by molar-refractivity contribution is -0.119. The molecule has 0 fully saturated rings. The molecule has 1 atom stereocenters. The first-order chi connectivity index (χ1) is 6.60. The molecule has 0 spiro atoms. The van der Waals surface area contributed by atoms with Crippen molar-refractivity contribution in [3.05, 3.63) is 12.7 Å². The average Bonchev–Trinajstić information content (AvgIpc) is 2.12. The Morgan fingerprint density at radius 3 is 2.57 bits per heavy atom. The fourth-order valence-corrected chi connectivity index (χ4v) is 1.62. The van der Waals surface area contributed by atoms with Gasteiger partial charge in [-0.1, -0.05) is 19.9 Å². The molecule has 0 aromatic rings. The number of rotatable bonds is 8. The third kappa shape index (κ3) is 6.84.